The van der Waals surface area contributed by atoms with Crippen molar-refractivity contribution >= 4 is 29.3 Å². The zero-order valence-electron chi connectivity index (χ0n) is 14.9. The number of anilines is 1. The summed E-state index contributed by atoms with van der Waals surface area (Å²) in [6.45, 7) is 0. The number of carbonyl (C=O) groups is 2. The molecule has 26 heavy (non-hydrogen) atoms. The number of hydrogen-bond donors (Lipinski definition) is 1. The molecule has 1 amide bonds. The van der Waals surface area contributed by atoms with E-state index in [9.17, 15) is 9.59 Å². The van der Waals surface area contributed by atoms with Crippen molar-refractivity contribution < 1.29 is 23.8 Å². The van der Waals surface area contributed by atoms with Gasteiger partial charge in [0.05, 0.1) is 38.3 Å². The minimum absolute atomic E-state index is 0.201. The lowest BCUT2D eigenvalue weighted by molar-refractivity contribution is -0.113. The Morgan fingerprint density at radius 1 is 1.00 bits per heavy atom. The maximum absolute atomic E-state index is 12.3. The number of thioether (sulfide) groups is 1. The molecule has 1 N–H and O–H groups in total. The van der Waals surface area contributed by atoms with Gasteiger partial charge < -0.3 is 19.5 Å². The van der Waals surface area contributed by atoms with Gasteiger partial charge in [0, 0.05) is 17.9 Å². The summed E-state index contributed by atoms with van der Waals surface area (Å²) in [5, 5.41) is 2.74. The van der Waals surface area contributed by atoms with E-state index in [4.69, 9.17) is 14.2 Å². The van der Waals surface area contributed by atoms with E-state index in [-0.39, 0.29) is 17.2 Å². The average molecular weight is 375 g/mol. The van der Waals surface area contributed by atoms with E-state index in [1.165, 1.54) is 39.2 Å². The number of ether oxygens (including phenoxy) is 3. The van der Waals surface area contributed by atoms with Crippen molar-refractivity contribution in [3.8, 4) is 11.5 Å². The lowest BCUT2D eigenvalue weighted by atomic mass is 10.1. The molecular formula is C19H21NO5S. The highest BCUT2D eigenvalue weighted by molar-refractivity contribution is 7.99. The third kappa shape index (κ3) is 5.16. The Kier molecular flexibility index (Phi) is 7.35. The number of benzene rings is 2. The molecule has 7 heteroatoms. The summed E-state index contributed by atoms with van der Waals surface area (Å²) in [7, 11) is 4.23. The number of esters is 1. The molecule has 0 aromatic heterocycles. The molecule has 138 valence electrons. The smallest absolute Gasteiger partial charge is 0.340 e. The second-order valence-corrected chi connectivity index (χ2v) is 6.26. The first kappa shape index (κ1) is 19.7. The molecule has 0 aliphatic heterocycles. The summed E-state index contributed by atoms with van der Waals surface area (Å²) in [6, 6.07) is 12.9. The van der Waals surface area contributed by atoms with Crippen LogP contribution in [0.1, 0.15) is 15.9 Å². The van der Waals surface area contributed by atoms with E-state index in [0.29, 0.717) is 17.2 Å². The fourth-order valence-corrected chi connectivity index (χ4v) is 3.07. The monoisotopic (exact) mass is 375 g/mol. The topological polar surface area (TPSA) is 73.9 Å². The third-order valence-electron chi connectivity index (χ3n) is 3.55. The van der Waals surface area contributed by atoms with Gasteiger partial charge in [-0.2, -0.15) is 0 Å². The Hall–Kier alpha value is -2.67. The molecule has 2 rings (SSSR count). The van der Waals surface area contributed by atoms with E-state index in [1.54, 1.807) is 6.07 Å². The summed E-state index contributed by atoms with van der Waals surface area (Å²) >= 11 is 1.49. The highest BCUT2D eigenvalue weighted by atomic mass is 32.2. The molecule has 2 aromatic rings. The number of amides is 1. The number of carbonyl (C=O) groups excluding carboxylic acids is 2. The standard InChI is InChI=1S/C19H21NO5S/c1-23-16-9-14(19(22)25-3)15(10-17(16)24-2)20-18(21)12-26-11-13-7-5-4-6-8-13/h4-10H,11-12H2,1-3H3,(H,20,21). The highest BCUT2D eigenvalue weighted by Crippen LogP contribution is 2.33. The summed E-state index contributed by atoms with van der Waals surface area (Å²) in [5.74, 6) is 0.978. The fourth-order valence-electron chi connectivity index (χ4n) is 2.28. The Balaban J connectivity index is 2.08. The van der Waals surface area contributed by atoms with E-state index in [1.807, 2.05) is 30.3 Å². The van der Waals surface area contributed by atoms with Crippen molar-refractivity contribution in [3.05, 3.63) is 53.6 Å². The van der Waals surface area contributed by atoms with Gasteiger partial charge in [0.25, 0.3) is 0 Å². The molecule has 0 saturated heterocycles. The first-order chi connectivity index (χ1) is 12.6. The van der Waals surface area contributed by atoms with Crippen molar-refractivity contribution in [1.29, 1.82) is 0 Å². The predicted molar refractivity (Wildman–Crippen MR) is 102 cm³/mol. The van der Waals surface area contributed by atoms with Crippen LogP contribution >= 0.6 is 11.8 Å². The summed E-state index contributed by atoms with van der Waals surface area (Å²) in [5.41, 5.74) is 1.66. The zero-order chi connectivity index (χ0) is 18.9. The van der Waals surface area contributed by atoms with E-state index < -0.39 is 5.97 Å². The van der Waals surface area contributed by atoms with Gasteiger partial charge in [-0.05, 0) is 5.56 Å². The molecule has 0 spiro atoms. The van der Waals surface area contributed by atoms with Crippen LogP contribution in [0.25, 0.3) is 0 Å². The highest BCUT2D eigenvalue weighted by Gasteiger charge is 2.19. The van der Waals surface area contributed by atoms with E-state index in [0.717, 1.165) is 11.3 Å². The maximum Gasteiger partial charge on any atom is 0.340 e. The largest absolute Gasteiger partial charge is 0.493 e. The minimum atomic E-state index is -0.571. The van der Waals surface area contributed by atoms with Gasteiger partial charge in [-0.1, -0.05) is 30.3 Å². The molecule has 0 fully saturated rings. The third-order valence-corrected chi connectivity index (χ3v) is 4.55. The molecule has 0 radical (unpaired) electrons. The quantitative estimate of drug-likeness (QED) is 0.713. The van der Waals surface area contributed by atoms with Crippen molar-refractivity contribution in [2.45, 2.75) is 5.75 Å². The Morgan fingerprint density at radius 2 is 1.65 bits per heavy atom. The molecule has 0 bridgehead atoms. The van der Waals surface area contributed by atoms with Gasteiger partial charge in [-0.15, -0.1) is 11.8 Å². The lowest BCUT2D eigenvalue weighted by Crippen LogP contribution is -2.17. The minimum Gasteiger partial charge on any atom is -0.493 e. The molecule has 2 aromatic carbocycles. The van der Waals surface area contributed by atoms with Crippen LogP contribution in [0.4, 0.5) is 5.69 Å². The van der Waals surface area contributed by atoms with Crippen LogP contribution in [-0.2, 0) is 15.3 Å². The van der Waals surface area contributed by atoms with Crippen LogP contribution in [0.15, 0.2) is 42.5 Å². The van der Waals surface area contributed by atoms with E-state index in [2.05, 4.69) is 5.32 Å². The first-order valence-corrected chi connectivity index (χ1v) is 9.00. The van der Waals surface area contributed by atoms with Crippen LogP contribution in [0.2, 0.25) is 0 Å². The maximum atomic E-state index is 12.3. The van der Waals surface area contributed by atoms with Crippen LogP contribution in [-0.4, -0.2) is 39.0 Å². The van der Waals surface area contributed by atoms with Crippen molar-refractivity contribution in [1.82, 2.24) is 0 Å². The second kappa shape index (κ2) is 9.72. The van der Waals surface area contributed by atoms with Crippen molar-refractivity contribution in [2.75, 3.05) is 32.4 Å². The lowest BCUT2D eigenvalue weighted by Gasteiger charge is -2.14. The normalized spacial score (nSPS) is 10.1. The van der Waals surface area contributed by atoms with Gasteiger partial charge in [-0.25, -0.2) is 4.79 Å². The predicted octanol–water partition coefficient (Wildman–Crippen LogP) is 3.36. The van der Waals surface area contributed by atoms with Crippen LogP contribution in [0, 0.1) is 0 Å². The molecule has 0 heterocycles. The zero-order valence-corrected chi connectivity index (χ0v) is 15.7. The number of methoxy groups -OCH3 is 3. The molecule has 0 atom stereocenters. The van der Waals surface area contributed by atoms with Gasteiger partial charge in [0.15, 0.2) is 11.5 Å². The fraction of sp³-hybridized carbons (Fsp3) is 0.263. The Bertz CT molecular complexity index is 764. The van der Waals surface area contributed by atoms with Crippen molar-refractivity contribution in [2.24, 2.45) is 0 Å². The molecule has 0 unspecified atom stereocenters. The number of hydrogen-bond acceptors (Lipinski definition) is 6. The Morgan fingerprint density at radius 3 is 2.27 bits per heavy atom. The van der Waals surface area contributed by atoms with Gasteiger partial charge >= 0.3 is 5.97 Å². The molecule has 0 aliphatic carbocycles. The van der Waals surface area contributed by atoms with Crippen LogP contribution in [0.3, 0.4) is 0 Å². The summed E-state index contributed by atoms with van der Waals surface area (Å²) in [4.78, 5) is 24.3. The molecular weight excluding hydrogens is 354 g/mol. The Labute approximate surface area is 156 Å². The molecule has 0 saturated carbocycles. The number of rotatable bonds is 8. The van der Waals surface area contributed by atoms with Crippen LogP contribution < -0.4 is 14.8 Å². The van der Waals surface area contributed by atoms with Crippen molar-refractivity contribution in [3.63, 3.8) is 0 Å². The molecule has 6 nitrogen and oxygen atoms in total. The van der Waals surface area contributed by atoms with Gasteiger partial charge in [-0.3, -0.25) is 4.79 Å². The SMILES string of the molecule is COC(=O)c1cc(OC)c(OC)cc1NC(=O)CSCc1ccccc1. The number of nitrogens with one attached hydrogen (secondary N) is 1. The van der Waals surface area contributed by atoms with Crippen LogP contribution in [0.5, 0.6) is 11.5 Å². The van der Waals surface area contributed by atoms with E-state index >= 15 is 0 Å². The summed E-state index contributed by atoms with van der Waals surface area (Å²) in [6.07, 6.45) is 0. The van der Waals surface area contributed by atoms with Gasteiger partial charge in [0.1, 0.15) is 0 Å². The average Bonchev–Trinajstić information content (AvgIpc) is 2.67. The summed E-state index contributed by atoms with van der Waals surface area (Å²) < 4.78 is 15.2. The second-order valence-electron chi connectivity index (χ2n) is 5.27. The van der Waals surface area contributed by atoms with Gasteiger partial charge in [0.2, 0.25) is 5.91 Å². The first-order valence-electron chi connectivity index (χ1n) is 7.85. The molecule has 0 aliphatic rings.